The summed E-state index contributed by atoms with van der Waals surface area (Å²) in [5, 5.41) is 0. The zero-order valence-corrected chi connectivity index (χ0v) is 16.4. The molecule has 2 aliphatic rings. The summed E-state index contributed by atoms with van der Waals surface area (Å²) in [6, 6.07) is 1.82. The number of piperidine rings is 1. The molecule has 0 saturated carbocycles. The van der Waals surface area contributed by atoms with Crippen molar-refractivity contribution in [3.63, 3.8) is 0 Å². The van der Waals surface area contributed by atoms with Gasteiger partial charge in [0, 0.05) is 58.2 Å². The van der Waals surface area contributed by atoms with Crippen LogP contribution in [0.15, 0.2) is 18.5 Å². The second-order valence-corrected chi connectivity index (χ2v) is 8.99. The second kappa shape index (κ2) is 9.07. The van der Waals surface area contributed by atoms with Crippen LogP contribution in [0.5, 0.6) is 0 Å². The summed E-state index contributed by atoms with van der Waals surface area (Å²) in [6.07, 6.45) is 6.43. The number of nitrogens with one attached hydrogen (secondary N) is 1. The highest BCUT2D eigenvalue weighted by molar-refractivity contribution is 7.87. The molecule has 0 aromatic carbocycles. The Hall–Kier alpha value is -1.29. The molecule has 1 N–H and O–H groups in total. The second-order valence-electron chi connectivity index (χ2n) is 7.24. The maximum absolute atomic E-state index is 12.4. The van der Waals surface area contributed by atoms with Crippen LogP contribution in [0.4, 0.5) is 5.95 Å². The maximum Gasteiger partial charge on any atom is 0.279 e. The molecule has 0 spiro atoms. The first kappa shape index (κ1) is 19.5. The van der Waals surface area contributed by atoms with Gasteiger partial charge >= 0.3 is 0 Å². The highest BCUT2D eigenvalue weighted by atomic mass is 32.2. The van der Waals surface area contributed by atoms with E-state index in [2.05, 4.69) is 31.4 Å². The molecular formula is C17H30N6O2S. The molecule has 1 aromatic heterocycles. The average Bonchev–Trinajstić information content (AvgIpc) is 2.66. The molecule has 3 rings (SSSR count). The lowest BCUT2D eigenvalue weighted by Crippen LogP contribution is -2.48. The Morgan fingerprint density at radius 2 is 1.88 bits per heavy atom. The number of piperazine rings is 1. The van der Waals surface area contributed by atoms with Gasteiger partial charge in [0.15, 0.2) is 0 Å². The number of hydrogen-bond donors (Lipinski definition) is 1. The van der Waals surface area contributed by atoms with Crippen LogP contribution in [0.3, 0.4) is 0 Å². The van der Waals surface area contributed by atoms with Gasteiger partial charge in [-0.05, 0) is 37.8 Å². The van der Waals surface area contributed by atoms with Crippen molar-refractivity contribution in [2.45, 2.75) is 26.2 Å². The third-order valence-electron chi connectivity index (χ3n) is 5.10. The molecule has 146 valence electrons. The molecule has 26 heavy (non-hydrogen) atoms. The third kappa shape index (κ3) is 5.35. The largest absolute Gasteiger partial charge is 0.338 e. The van der Waals surface area contributed by atoms with E-state index in [0.717, 1.165) is 57.9 Å². The molecule has 2 aliphatic heterocycles. The average molecular weight is 383 g/mol. The predicted molar refractivity (Wildman–Crippen MR) is 102 cm³/mol. The zero-order chi connectivity index (χ0) is 18.4. The van der Waals surface area contributed by atoms with Crippen molar-refractivity contribution in [3.8, 4) is 0 Å². The Morgan fingerprint density at radius 1 is 1.15 bits per heavy atom. The van der Waals surface area contributed by atoms with Gasteiger partial charge in [0.05, 0.1) is 0 Å². The molecule has 0 amide bonds. The van der Waals surface area contributed by atoms with E-state index in [9.17, 15) is 8.42 Å². The van der Waals surface area contributed by atoms with Gasteiger partial charge in [-0.3, -0.25) is 4.90 Å². The molecule has 2 fully saturated rings. The lowest BCUT2D eigenvalue weighted by Gasteiger charge is -2.34. The van der Waals surface area contributed by atoms with Gasteiger partial charge in [0.25, 0.3) is 10.2 Å². The smallest absolute Gasteiger partial charge is 0.279 e. The minimum Gasteiger partial charge on any atom is -0.338 e. The Bertz CT molecular complexity index is 648. The van der Waals surface area contributed by atoms with Crippen molar-refractivity contribution in [3.05, 3.63) is 18.5 Å². The van der Waals surface area contributed by atoms with Crippen LogP contribution < -0.4 is 9.62 Å². The summed E-state index contributed by atoms with van der Waals surface area (Å²) in [7, 11) is -3.32. The van der Waals surface area contributed by atoms with Gasteiger partial charge in [-0.15, -0.1) is 0 Å². The van der Waals surface area contributed by atoms with E-state index in [1.165, 1.54) is 0 Å². The Kier molecular flexibility index (Phi) is 6.80. The van der Waals surface area contributed by atoms with Crippen LogP contribution >= 0.6 is 0 Å². The van der Waals surface area contributed by atoms with E-state index < -0.39 is 10.2 Å². The number of aromatic nitrogens is 2. The van der Waals surface area contributed by atoms with Gasteiger partial charge in [0.1, 0.15) is 0 Å². The van der Waals surface area contributed by atoms with Gasteiger partial charge in [-0.1, -0.05) is 6.92 Å². The summed E-state index contributed by atoms with van der Waals surface area (Å²) < 4.78 is 29.1. The monoisotopic (exact) mass is 382 g/mol. The molecule has 3 heterocycles. The number of anilines is 1. The van der Waals surface area contributed by atoms with Gasteiger partial charge in [-0.25, -0.2) is 14.7 Å². The van der Waals surface area contributed by atoms with Crippen LogP contribution in [0, 0.1) is 5.92 Å². The molecule has 1 atom stereocenters. The minimum absolute atomic E-state index is 0.449. The molecule has 0 bridgehead atoms. The van der Waals surface area contributed by atoms with Crippen LogP contribution in [0.25, 0.3) is 0 Å². The zero-order valence-electron chi connectivity index (χ0n) is 15.5. The van der Waals surface area contributed by atoms with Crippen LogP contribution in [0.1, 0.15) is 26.2 Å². The normalized spacial score (nSPS) is 23.3. The minimum atomic E-state index is -3.32. The van der Waals surface area contributed by atoms with Crippen LogP contribution in [-0.2, 0) is 10.2 Å². The van der Waals surface area contributed by atoms with Crippen LogP contribution in [-0.4, -0.2) is 79.9 Å². The van der Waals surface area contributed by atoms with Crippen molar-refractivity contribution < 1.29 is 8.42 Å². The van der Waals surface area contributed by atoms with Crippen molar-refractivity contribution in [1.29, 1.82) is 0 Å². The fourth-order valence-electron chi connectivity index (χ4n) is 3.59. The van der Waals surface area contributed by atoms with Crippen LogP contribution in [0.2, 0.25) is 0 Å². The fraction of sp³-hybridized carbons (Fsp3) is 0.765. The number of nitrogens with zero attached hydrogens (tertiary/aromatic N) is 5. The lowest BCUT2D eigenvalue weighted by atomic mass is 10.0. The first-order chi connectivity index (χ1) is 12.5. The molecule has 8 nitrogen and oxygen atoms in total. The Labute approximate surface area is 156 Å². The highest BCUT2D eigenvalue weighted by Gasteiger charge is 2.26. The molecule has 2 saturated heterocycles. The molecule has 1 unspecified atom stereocenters. The van der Waals surface area contributed by atoms with Crippen molar-refractivity contribution in [2.75, 3.05) is 57.3 Å². The summed E-state index contributed by atoms with van der Waals surface area (Å²) in [6.45, 7) is 8.51. The van der Waals surface area contributed by atoms with E-state index in [1.54, 1.807) is 16.7 Å². The molecule has 0 radical (unpaired) electrons. The summed E-state index contributed by atoms with van der Waals surface area (Å²) >= 11 is 0. The van der Waals surface area contributed by atoms with Gasteiger partial charge in [-0.2, -0.15) is 12.7 Å². The van der Waals surface area contributed by atoms with E-state index in [-0.39, 0.29) is 0 Å². The van der Waals surface area contributed by atoms with Gasteiger partial charge < -0.3 is 4.90 Å². The highest BCUT2D eigenvalue weighted by Crippen LogP contribution is 2.17. The summed E-state index contributed by atoms with van der Waals surface area (Å²) in [5.41, 5.74) is 0. The van der Waals surface area contributed by atoms with Crippen molar-refractivity contribution in [2.24, 2.45) is 5.92 Å². The predicted octanol–water partition coefficient (Wildman–Crippen LogP) is 0.555. The van der Waals surface area contributed by atoms with E-state index in [4.69, 9.17) is 0 Å². The fourth-order valence-corrected chi connectivity index (χ4v) is 4.99. The maximum atomic E-state index is 12.4. The Morgan fingerprint density at radius 3 is 2.58 bits per heavy atom. The standard InChI is InChI=1S/C17H30N6O2S/c1-16-5-2-10-23(15-16)26(24,25)20-8-4-9-21-11-13-22(14-12-21)17-18-6-3-7-19-17/h3,6-7,16,20H,2,4-5,8-15H2,1H3. The Balaban J connectivity index is 1.34. The molecular weight excluding hydrogens is 352 g/mol. The molecule has 1 aromatic rings. The number of hydrogen-bond acceptors (Lipinski definition) is 6. The lowest BCUT2D eigenvalue weighted by molar-refractivity contribution is 0.253. The van der Waals surface area contributed by atoms with Gasteiger partial charge in [0.2, 0.25) is 5.95 Å². The quantitative estimate of drug-likeness (QED) is 0.694. The SMILES string of the molecule is CC1CCCN(S(=O)(=O)NCCCN2CCN(c3ncccn3)CC2)C1. The molecule has 0 aliphatic carbocycles. The molecule has 9 heteroatoms. The van der Waals surface area contributed by atoms with Crippen molar-refractivity contribution >= 4 is 16.2 Å². The third-order valence-corrected chi connectivity index (χ3v) is 6.68. The van der Waals surface area contributed by atoms with Crippen molar-refractivity contribution in [1.82, 2.24) is 23.9 Å². The first-order valence-corrected chi connectivity index (χ1v) is 11.0. The van der Waals surface area contributed by atoms with E-state index in [1.807, 2.05) is 6.07 Å². The van der Waals surface area contributed by atoms with E-state index in [0.29, 0.717) is 25.6 Å². The first-order valence-electron chi connectivity index (χ1n) is 9.53. The number of rotatable bonds is 7. The summed E-state index contributed by atoms with van der Waals surface area (Å²) in [4.78, 5) is 13.2. The summed E-state index contributed by atoms with van der Waals surface area (Å²) in [5.74, 6) is 1.24. The topological polar surface area (TPSA) is 81.7 Å². The van der Waals surface area contributed by atoms with E-state index >= 15 is 0 Å².